The van der Waals surface area contributed by atoms with Crippen molar-refractivity contribution in [3.63, 3.8) is 0 Å². The average molecular weight is 198 g/mol. The van der Waals surface area contributed by atoms with E-state index >= 15 is 0 Å². The zero-order chi connectivity index (χ0) is 9.97. The molecule has 0 radical (unpaired) electrons. The van der Waals surface area contributed by atoms with E-state index in [0.29, 0.717) is 12.1 Å². The summed E-state index contributed by atoms with van der Waals surface area (Å²) in [5, 5.41) is 3.43. The van der Waals surface area contributed by atoms with Gasteiger partial charge in [-0.3, -0.25) is 4.90 Å². The Kier molecular flexibility index (Phi) is 3.42. The molecule has 0 saturated carbocycles. The highest BCUT2D eigenvalue weighted by Crippen LogP contribution is 2.16. The Bertz CT molecular complexity index is 180. The first-order valence-corrected chi connectivity index (χ1v) is 5.82. The van der Waals surface area contributed by atoms with Crippen molar-refractivity contribution in [3.8, 4) is 0 Å². The normalized spacial score (nSPS) is 40.3. The van der Waals surface area contributed by atoms with Crippen molar-refractivity contribution in [2.45, 2.75) is 32.4 Å². The minimum atomic E-state index is 0.417. The van der Waals surface area contributed by atoms with E-state index in [1.165, 1.54) is 26.1 Å². The molecule has 2 aliphatic rings. The van der Waals surface area contributed by atoms with Crippen LogP contribution in [0.3, 0.4) is 0 Å². The molecule has 0 aromatic carbocycles. The number of hydrogen-bond donors (Lipinski definition) is 1. The van der Waals surface area contributed by atoms with Gasteiger partial charge in [-0.2, -0.15) is 0 Å². The summed E-state index contributed by atoms with van der Waals surface area (Å²) >= 11 is 0. The van der Waals surface area contributed by atoms with Crippen LogP contribution in [0.4, 0.5) is 0 Å². The molecule has 2 unspecified atom stereocenters. The van der Waals surface area contributed by atoms with E-state index in [1.807, 2.05) is 0 Å². The minimum Gasteiger partial charge on any atom is -0.376 e. The largest absolute Gasteiger partial charge is 0.376 e. The summed E-state index contributed by atoms with van der Waals surface area (Å²) in [5.41, 5.74) is 0. The van der Waals surface area contributed by atoms with Gasteiger partial charge in [0.2, 0.25) is 0 Å². The molecule has 3 atom stereocenters. The van der Waals surface area contributed by atoms with E-state index in [2.05, 4.69) is 24.1 Å². The average Bonchev–Trinajstić information content (AvgIpc) is 2.64. The summed E-state index contributed by atoms with van der Waals surface area (Å²) in [6.07, 6.45) is 1.76. The third-order valence-corrected chi connectivity index (χ3v) is 3.39. The topological polar surface area (TPSA) is 24.5 Å². The van der Waals surface area contributed by atoms with Gasteiger partial charge in [0.05, 0.1) is 12.7 Å². The highest BCUT2D eigenvalue weighted by molar-refractivity contribution is 4.80. The Morgan fingerprint density at radius 1 is 1.43 bits per heavy atom. The molecule has 0 aromatic heterocycles. The molecule has 0 aliphatic carbocycles. The molecule has 2 fully saturated rings. The van der Waals surface area contributed by atoms with Crippen LogP contribution in [0, 0.1) is 5.92 Å². The second kappa shape index (κ2) is 4.60. The number of hydrogen-bond acceptors (Lipinski definition) is 3. The molecular formula is C11H22N2O. The van der Waals surface area contributed by atoms with Gasteiger partial charge < -0.3 is 10.1 Å². The lowest BCUT2D eigenvalue weighted by molar-refractivity contribution is -0.0533. The Labute approximate surface area is 86.8 Å². The fourth-order valence-electron chi connectivity index (χ4n) is 2.43. The quantitative estimate of drug-likeness (QED) is 0.707. The monoisotopic (exact) mass is 198 g/mol. The summed E-state index contributed by atoms with van der Waals surface area (Å²) in [4.78, 5) is 2.59. The number of rotatable bonds is 2. The summed E-state index contributed by atoms with van der Waals surface area (Å²) in [6.45, 7) is 10.1. The van der Waals surface area contributed by atoms with E-state index < -0.39 is 0 Å². The molecule has 1 N–H and O–H groups in total. The Balaban J connectivity index is 1.82. The summed E-state index contributed by atoms with van der Waals surface area (Å²) in [7, 11) is 0. The molecule has 2 saturated heterocycles. The first kappa shape index (κ1) is 10.4. The van der Waals surface area contributed by atoms with Gasteiger partial charge in [0.1, 0.15) is 0 Å². The van der Waals surface area contributed by atoms with E-state index in [9.17, 15) is 0 Å². The van der Waals surface area contributed by atoms with Gasteiger partial charge in [0.15, 0.2) is 0 Å². The van der Waals surface area contributed by atoms with Crippen LogP contribution in [0.5, 0.6) is 0 Å². The second-order valence-corrected chi connectivity index (χ2v) is 4.81. The predicted octanol–water partition coefficient (Wildman–Crippen LogP) is 0.705. The lowest BCUT2D eigenvalue weighted by atomic mass is 10.1. The van der Waals surface area contributed by atoms with Gasteiger partial charge in [-0.15, -0.1) is 0 Å². The van der Waals surface area contributed by atoms with Crippen LogP contribution in [-0.4, -0.2) is 49.8 Å². The zero-order valence-electron chi connectivity index (χ0n) is 9.33. The second-order valence-electron chi connectivity index (χ2n) is 4.81. The van der Waals surface area contributed by atoms with Crippen molar-refractivity contribution in [1.82, 2.24) is 10.2 Å². The minimum absolute atomic E-state index is 0.417. The lowest BCUT2D eigenvalue weighted by Crippen LogP contribution is -2.49. The molecule has 2 aliphatic heterocycles. The van der Waals surface area contributed by atoms with Gasteiger partial charge in [-0.1, -0.05) is 0 Å². The smallest absolute Gasteiger partial charge is 0.0674 e. The van der Waals surface area contributed by atoms with Gasteiger partial charge in [0, 0.05) is 19.1 Å². The maximum absolute atomic E-state index is 5.63. The molecule has 2 heterocycles. The molecule has 0 spiro atoms. The van der Waals surface area contributed by atoms with Crippen LogP contribution >= 0.6 is 0 Å². The molecule has 14 heavy (non-hydrogen) atoms. The number of nitrogens with zero attached hydrogens (tertiary/aromatic N) is 1. The van der Waals surface area contributed by atoms with Gasteiger partial charge in [0.25, 0.3) is 0 Å². The maximum atomic E-state index is 5.63. The van der Waals surface area contributed by atoms with E-state index in [1.54, 1.807) is 0 Å². The molecule has 0 aromatic rings. The summed E-state index contributed by atoms with van der Waals surface area (Å²) < 4.78 is 5.63. The van der Waals surface area contributed by atoms with E-state index in [4.69, 9.17) is 4.74 Å². The molecule has 2 rings (SSSR count). The van der Waals surface area contributed by atoms with Crippen molar-refractivity contribution in [2.75, 3.05) is 32.8 Å². The predicted molar refractivity (Wildman–Crippen MR) is 57.4 cm³/mol. The highest BCUT2D eigenvalue weighted by Gasteiger charge is 2.26. The Morgan fingerprint density at radius 3 is 3.00 bits per heavy atom. The number of nitrogens with one attached hydrogen (secondary N) is 1. The molecule has 0 amide bonds. The van der Waals surface area contributed by atoms with Crippen molar-refractivity contribution < 1.29 is 4.74 Å². The van der Waals surface area contributed by atoms with Crippen molar-refractivity contribution >= 4 is 0 Å². The van der Waals surface area contributed by atoms with Gasteiger partial charge >= 0.3 is 0 Å². The summed E-state index contributed by atoms with van der Waals surface area (Å²) in [5.74, 6) is 0.864. The molecule has 0 bridgehead atoms. The third kappa shape index (κ3) is 2.47. The van der Waals surface area contributed by atoms with Crippen LogP contribution in [0.15, 0.2) is 0 Å². The van der Waals surface area contributed by atoms with E-state index in [-0.39, 0.29) is 0 Å². The first-order chi connectivity index (χ1) is 6.75. The van der Waals surface area contributed by atoms with Crippen LogP contribution < -0.4 is 5.32 Å². The third-order valence-electron chi connectivity index (χ3n) is 3.39. The van der Waals surface area contributed by atoms with Gasteiger partial charge in [-0.25, -0.2) is 0 Å². The standard InChI is InChI=1S/C11H22N2O/c1-9-8-14-10(2)6-13(9)7-11-3-4-12-5-11/h9-12H,3-8H2,1-2H3/t9?,10?,11-/m0/s1. The van der Waals surface area contributed by atoms with E-state index in [0.717, 1.165) is 19.1 Å². The number of morpholine rings is 1. The Hall–Kier alpha value is -0.120. The van der Waals surface area contributed by atoms with Crippen molar-refractivity contribution in [2.24, 2.45) is 5.92 Å². The summed E-state index contributed by atoms with van der Waals surface area (Å²) in [6, 6.07) is 0.604. The van der Waals surface area contributed by atoms with Crippen molar-refractivity contribution in [1.29, 1.82) is 0 Å². The Morgan fingerprint density at radius 2 is 2.29 bits per heavy atom. The van der Waals surface area contributed by atoms with Gasteiger partial charge in [-0.05, 0) is 39.3 Å². The molecular weight excluding hydrogens is 176 g/mol. The van der Waals surface area contributed by atoms with Crippen LogP contribution in [0.2, 0.25) is 0 Å². The number of ether oxygens (including phenoxy) is 1. The first-order valence-electron chi connectivity index (χ1n) is 5.82. The maximum Gasteiger partial charge on any atom is 0.0674 e. The molecule has 82 valence electrons. The highest BCUT2D eigenvalue weighted by atomic mass is 16.5. The SMILES string of the molecule is CC1CN(C[C@H]2CCNC2)C(C)CO1. The van der Waals surface area contributed by atoms with Crippen LogP contribution in [-0.2, 0) is 4.74 Å². The molecule has 3 heteroatoms. The zero-order valence-corrected chi connectivity index (χ0v) is 9.33. The van der Waals surface area contributed by atoms with Crippen molar-refractivity contribution in [3.05, 3.63) is 0 Å². The fraction of sp³-hybridized carbons (Fsp3) is 1.00. The molecule has 3 nitrogen and oxygen atoms in total. The van der Waals surface area contributed by atoms with Crippen LogP contribution in [0.1, 0.15) is 20.3 Å². The van der Waals surface area contributed by atoms with Crippen LogP contribution in [0.25, 0.3) is 0 Å². The fourth-order valence-corrected chi connectivity index (χ4v) is 2.43. The lowest BCUT2D eigenvalue weighted by Gasteiger charge is -2.38.